The SMILES string of the molecule is O=C(COc1ccccc1)N1CCN(c2ccccc2N2CCOCC2)CC1. The van der Waals surface area contributed by atoms with E-state index in [-0.39, 0.29) is 12.5 Å². The minimum Gasteiger partial charge on any atom is -0.484 e. The standard InChI is InChI=1S/C22H27N3O3/c26-22(18-28-19-6-2-1-3-7-19)25-12-10-23(11-13-25)20-8-4-5-9-21(20)24-14-16-27-17-15-24/h1-9H,10-18H2. The molecule has 6 nitrogen and oxygen atoms in total. The van der Waals surface area contributed by atoms with Gasteiger partial charge in [0.25, 0.3) is 5.91 Å². The first-order chi connectivity index (χ1) is 13.8. The van der Waals surface area contributed by atoms with E-state index in [4.69, 9.17) is 9.47 Å². The van der Waals surface area contributed by atoms with Crippen molar-refractivity contribution in [1.29, 1.82) is 0 Å². The van der Waals surface area contributed by atoms with Crippen molar-refractivity contribution in [2.45, 2.75) is 0 Å². The van der Waals surface area contributed by atoms with Crippen LogP contribution < -0.4 is 14.5 Å². The number of ether oxygens (including phenoxy) is 2. The van der Waals surface area contributed by atoms with Crippen LogP contribution in [0.25, 0.3) is 0 Å². The molecule has 6 heteroatoms. The first kappa shape index (κ1) is 18.6. The van der Waals surface area contributed by atoms with Gasteiger partial charge in [0.15, 0.2) is 6.61 Å². The minimum absolute atomic E-state index is 0.0463. The summed E-state index contributed by atoms with van der Waals surface area (Å²) in [6.45, 7) is 6.59. The van der Waals surface area contributed by atoms with Crippen molar-refractivity contribution >= 4 is 17.3 Å². The van der Waals surface area contributed by atoms with Crippen LogP contribution in [0.3, 0.4) is 0 Å². The monoisotopic (exact) mass is 381 g/mol. The van der Waals surface area contributed by atoms with E-state index in [1.165, 1.54) is 11.4 Å². The number of para-hydroxylation sites is 3. The third-order valence-corrected chi connectivity index (χ3v) is 5.31. The Balaban J connectivity index is 1.33. The van der Waals surface area contributed by atoms with Crippen molar-refractivity contribution in [3.63, 3.8) is 0 Å². The number of amides is 1. The lowest BCUT2D eigenvalue weighted by Gasteiger charge is -2.39. The van der Waals surface area contributed by atoms with E-state index >= 15 is 0 Å². The first-order valence-electron chi connectivity index (χ1n) is 9.93. The Kier molecular flexibility index (Phi) is 5.97. The quantitative estimate of drug-likeness (QED) is 0.795. The molecule has 0 aromatic heterocycles. The fourth-order valence-electron chi connectivity index (χ4n) is 3.75. The molecule has 0 radical (unpaired) electrons. The van der Waals surface area contributed by atoms with Crippen molar-refractivity contribution in [1.82, 2.24) is 4.90 Å². The summed E-state index contributed by atoms with van der Waals surface area (Å²) in [7, 11) is 0. The van der Waals surface area contributed by atoms with Gasteiger partial charge in [-0.2, -0.15) is 0 Å². The Morgan fingerprint density at radius 2 is 1.36 bits per heavy atom. The van der Waals surface area contributed by atoms with Gasteiger partial charge in [-0.15, -0.1) is 0 Å². The van der Waals surface area contributed by atoms with Crippen LogP contribution in [0, 0.1) is 0 Å². The molecule has 4 rings (SSSR count). The summed E-state index contributed by atoms with van der Waals surface area (Å²) < 4.78 is 11.1. The van der Waals surface area contributed by atoms with Crippen LogP contribution >= 0.6 is 0 Å². The molecule has 2 aromatic rings. The largest absolute Gasteiger partial charge is 0.484 e. The maximum Gasteiger partial charge on any atom is 0.260 e. The number of carbonyl (C=O) groups is 1. The number of anilines is 2. The second kappa shape index (κ2) is 8.97. The van der Waals surface area contributed by atoms with Crippen LogP contribution in [0.1, 0.15) is 0 Å². The summed E-state index contributed by atoms with van der Waals surface area (Å²) in [5.41, 5.74) is 2.51. The van der Waals surface area contributed by atoms with E-state index in [0.717, 1.165) is 45.1 Å². The van der Waals surface area contributed by atoms with E-state index in [9.17, 15) is 4.79 Å². The number of hydrogen-bond acceptors (Lipinski definition) is 5. The molecule has 28 heavy (non-hydrogen) atoms. The van der Waals surface area contributed by atoms with Crippen molar-refractivity contribution in [2.75, 3.05) is 68.9 Å². The van der Waals surface area contributed by atoms with Gasteiger partial charge in [0.2, 0.25) is 0 Å². The van der Waals surface area contributed by atoms with Gasteiger partial charge in [-0.3, -0.25) is 4.79 Å². The molecule has 0 unspecified atom stereocenters. The highest BCUT2D eigenvalue weighted by atomic mass is 16.5. The number of morpholine rings is 1. The topological polar surface area (TPSA) is 45.2 Å². The highest BCUT2D eigenvalue weighted by Gasteiger charge is 2.24. The lowest BCUT2D eigenvalue weighted by atomic mass is 10.2. The lowest BCUT2D eigenvalue weighted by molar-refractivity contribution is -0.133. The molecule has 2 fully saturated rings. The zero-order chi connectivity index (χ0) is 19.2. The number of benzene rings is 2. The fourth-order valence-corrected chi connectivity index (χ4v) is 3.75. The summed E-state index contributed by atoms with van der Waals surface area (Å²) in [6.07, 6.45) is 0. The van der Waals surface area contributed by atoms with Crippen LogP contribution in [0.2, 0.25) is 0 Å². The fraction of sp³-hybridized carbons (Fsp3) is 0.409. The van der Waals surface area contributed by atoms with E-state index in [1.54, 1.807) is 0 Å². The maximum atomic E-state index is 12.5. The molecule has 0 spiro atoms. The predicted molar refractivity (Wildman–Crippen MR) is 110 cm³/mol. The van der Waals surface area contributed by atoms with Gasteiger partial charge >= 0.3 is 0 Å². The number of carbonyl (C=O) groups excluding carboxylic acids is 1. The molecular formula is C22H27N3O3. The highest BCUT2D eigenvalue weighted by molar-refractivity contribution is 5.78. The van der Waals surface area contributed by atoms with Gasteiger partial charge in [-0.1, -0.05) is 30.3 Å². The van der Waals surface area contributed by atoms with Gasteiger partial charge in [0.05, 0.1) is 24.6 Å². The summed E-state index contributed by atoms with van der Waals surface area (Å²) in [6, 6.07) is 18.0. The van der Waals surface area contributed by atoms with Gasteiger partial charge in [-0.05, 0) is 24.3 Å². The summed E-state index contributed by atoms with van der Waals surface area (Å²) in [5.74, 6) is 0.777. The molecule has 2 aliphatic heterocycles. The third-order valence-electron chi connectivity index (χ3n) is 5.31. The molecule has 148 valence electrons. The maximum absolute atomic E-state index is 12.5. The Hall–Kier alpha value is -2.73. The average molecular weight is 381 g/mol. The molecule has 1 amide bonds. The normalized spacial score (nSPS) is 17.5. The van der Waals surface area contributed by atoms with Crippen LogP contribution in [0.4, 0.5) is 11.4 Å². The van der Waals surface area contributed by atoms with Crippen molar-refractivity contribution in [2.24, 2.45) is 0 Å². The molecular weight excluding hydrogens is 354 g/mol. The molecule has 2 heterocycles. The van der Waals surface area contributed by atoms with Crippen LogP contribution in [-0.4, -0.2) is 69.9 Å². The smallest absolute Gasteiger partial charge is 0.260 e. The molecule has 0 N–H and O–H groups in total. The summed E-state index contributed by atoms with van der Waals surface area (Å²) in [5, 5.41) is 0. The van der Waals surface area contributed by atoms with Gasteiger partial charge in [-0.25, -0.2) is 0 Å². The molecule has 0 saturated carbocycles. The molecule has 2 aromatic carbocycles. The van der Waals surface area contributed by atoms with Gasteiger partial charge in [0, 0.05) is 39.3 Å². The predicted octanol–water partition coefficient (Wildman–Crippen LogP) is 2.25. The number of piperazine rings is 1. The number of nitrogens with zero attached hydrogens (tertiary/aromatic N) is 3. The summed E-state index contributed by atoms with van der Waals surface area (Å²) >= 11 is 0. The number of rotatable bonds is 5. The van der Waals surface area contributed by atoms with Crippen molar-refractivity contribution in [3.05, 3.63) is 54.6 Å². The Labute approximate surface area is 166 Å². The Morgan fingerprint density at radius 3 is 2.00 bits per heavy atom. The molecule has 2 saturated heterocycles. The minimum atomic E-state index is 0.0463. The summed E-state index contributed by atoms with van der Waals surface area (Å²) in [4.78, 5) is 19.2. The average Bonchev–Trinajstić information content (AvgIpc) is 2.79. The van der Waals surface area contributed by atoms with Gasteiger partial charge < -0.3 is 24.2 Å². The molecule has 0 aliphatic carbocycles. The Bertz CT molecular complexity index is 770. The lowest BCUT2D eigenvalue weighted by Crippen LogP contribution is -2.50. The van der Waals surface area contributed by atoms with Gasteiger partial charge in [0.1, 0.15) is 5.75 Å². The molecule has 0 bridgehead atoms. The molecule has 2 aliphatic rings. The Morgan fingerprint density at radius 1 is 0.786 bits per heavy atom. The van der Waals surface area contributed by atoms with E-state index < -0.39 is 0 Å². The molecule has 0 atom stereocenters. The van der Waals surface area contributed by atoms with Crippen molar-refractivity contribution < 1.29 is 14.3 Å². The van der Waals surface area contributed by atoms with Crippen LogP contribution in [-0.2, 0) is 9.53 Å². The van der Waals surface area contributed by atoms with Crippen LogP contribution in [0.15, 0.2) is 54.6 Å². The van der Waals surface area contributed by atoms with Crippen molar-refractivity contribution in [3.8, 4) is 5.75 Å². The van der Waals surface area contributed by atoms with E-state index in [2.05, 4.69) is 34.1 Å². The highest BCUT2D eigenvalue weighted by Crippen LogP contribution is 2.30. The number of hydrogen-bond donors (Lipinski definition) is 0. The zero-order valence-electron chi connectivity index (χ0n) is 16.1. The van der Waals surface area contributed by atoms with E-state index in [1.807, 2.05) is 35.2 Å². The second-order valence-electron chi connectivity index (χ2n) is 7.06. The first-order valence-corrected chi connectivity index (χ1v) is 9.93. The second-order valence-corrected chi connectivity index (χ2v) is 7.06. The third kappa shape index (κ3) is 4.39. The van der Waals surface area contributed by atoms with Crippen LogP contribution in [0.5, 0.6) is 5.75 Å². The van der Waals surface area contributed by atoms with E-state index in [0.29, 0.717) is 13.1 Å². The zero-order valence-corrected chi connectivity index (χ0v) is 16.1.